The summed E-state index contributed by atoms with van der Waals surface area (Å²) in [7, 11) is 0. The van der Waals surface area contributed by atoms with Gasteiger partial charge in [-0.15, -0.1) is 0 Å². The highest BCUT2D eigenvalue weighted by molar-refractivity contribution is 5.94. The molecule has 0 bridgehead atoms. The Labute approximate surface area is 211 Å². The van der Waals surface area contributed by atoms with E-state index in [-0.39, 0.29) is 46.8 Å². The maximum absolute atomic E-state index is 16.0. The number of Topliss-reactive ketones (excluding diaryl/α,β-unsaturated/α-hetero) is 1. The van der Waals surface area contributed by atoms with E-state index in [0.29, 0.717) is 18.8 Å². The fourth-order valence-corrected chi connectivity index (χ4v) is 4.61. The Bertz CT molecular complexity index is 1480. The first kappa shape index (κ1) is 24.3. The second kappa shape index (κ2) is 10.3. The molecular formula is C26H24FN7O3. The zero-order valence-electron chi connectivity index (χ0n) is 19.8. The van der Waals surface area contributed by atoms with Crippen molar-refractivity contribution in [2.45, 2.75) is 25.5 Å². The fraction of sp³-hybridized carbons (Fsp3) is 0.269. The zero-order valence-corrected chi connectivity index (χ0v) is 19.8. The minimum atomic E-state index is -0.737. The van der Waals surface area contributed by atoms with Crippen LogP contribution in [-0.4, -0.2) is 66.2 Å². The molecule has 1 fully saturated rings. The Morgan fingerprint density at radius 3 is 2.84 bits per heavy atom. The molecule has 0 radical (unpaired) electrons. The van der Waals surface area contributed by atoms with Gasteiger partial charge in [0.05, 0.1) is 18.7 Å². The molecule has 188 valence electrons. The predicted molar refractivity (Wildman–Crippen MR) is 133 cm³/mol. The summed E-state index contributed by atoms with van der Waals surface area (Å²) in [4.78, 5) is 22.4. The monoisotopic (exact) mass is 501 g/mol. The number of benzene rings is 1. The van der Waals surface area contributed by atoms with Crippen LogP contribution < -0.4 is 5.32 Å². The van der Waals surface area contributed by atoms with E-state index in [2.05, 4.69) is 20.4 Å². The first-order valence-corrected chi connectivity index (χ1v) is 11.8. The van der Waals surface area contributed by atoms with Crippen LogP contribution in [0.15, 0.2) is 48.7 Å². The van der Waals surface area contributed by atoms with Gasteiger partial charge in [-0.3, -0.25) is 9.69 Å². The summed E-state index contributed by atoms with van der Waals surface area (Å²) in [6.07, 6.45) is 3.31. The molecule has 11 heteroatoms. The van der Waals surface area contributed by atoms with Crippen molar-refractivity contribution in [2.24, 2.45) is 0 Å². The number of hydrogen-bond donors (Lipinski definition) is 3. The summed E-state index contributed by atoms with van der Waals surface area (Å²) in [5.74, 6) is -1.27. The van der Waals surface area contributed by atoms with Crippen molar-refractivity contribution in [2.75, 3.05) is 25.0 Å². The molecule has 1 aliphatic heterocycles. The number of nitriles is 1. The number of carbonyl (C=O) groups is 1. The van der Waals surface area contributed by atoms with Gasteiger partial charge in [-0.2, -0.15) is 10.4 Å². The molecule has 37 heavy (non-hydrogen) atoms. The summed E-state index contributed by atoms with van der Waals surface area (Å²) < 4.78 is 17.6. The molecule has 1 saturated heterocycles. The standard InChI is InChI=1S/C26H24FN7O3/c27-23-24(19-7-3-8-22(37)20(19)15-35)30-26(29-16-5-4-9-33(13-16)14-18(36)12-28)31-25(23)21-11-17-6-1-2-10-34(17)32-21/h1-3,6-8,10-11,16,35,37H,4-5,9,13-15H2,(H,29,30,31)/t16-/m1/s1. The summed E-state index contributed by atoms with van der Waals surface area (Å²) in [6, 6.07) is 13.2. The van der Waals surface area contributed by atoms with Gasteiger partial charge in [0.1, 0.15) is 28.9 Å². The molecule has 0 saturated carbocycles. The van der Waals surface area contributed by atoms with E-state index < -0.39 is 18.2 Å². The third-order valence-electron chi connectivity index (χ3n) is 6.36. The Balaban J connectivity index is 1.57. The number of anilines is 1. The van der Waals surface area contributed by atoms with Crippen LogP contribution >= 0.6 is 0 Å². The molecule has 4 aromatic rings. The lowest BCUT2D eigenvalue weighted by Crippen LogP contribution is -2.44. The zero-order chi connectivity index (χ0) is 25.9. The SMILES string of the molecule is N#CC(=O)CN1CCC[C@@H](Nc2nc(-c3cc4ccccn4n3)c(F)c(-c3cccc(O)c3CO)n2)C1. The molecule has 1 atom stereocenters. The largest absolute Gasteiger partial charge is 0.508 e. The molecular weight excluding hydrogens is 477 g/mol. The van der Waals surface area contributed by atoms with Crippen molar-refractivity contribution in [3.8, 4) is 34.5 Å². The fourth-order valence-electron chi connectivity index (χ4n) is 4.61. The van der Waals surface area contributed by atoms with Crippen LogP contribution in [0.25, 0.3) is 28.2 Å². The Morgan fingerprint density at radius 2 is 2.05 bits per heavy atom. The molecule has 5 rings (SSSR count). The van der Waals surface area contributed by atoms with Crippen LogP contribution in [0.5, 0.6) is 5.75 Å². The van der Waals surface area contributed by atoms with Crippen LogP contribution in [0.4, 0.5) is 10.3 Å². The number of hydrogen-bond acceptors (Lipinski definition) is 9. The van der Waals surface area contributed by atoms with Gasteiger partial charge in [-0.25, -0.2) is 18.9 Å². The van der Waals surface area contributed by atoms with Crippen LogP contribution in [0.2, 0.25) is 0 Å². The van der Waals surface area contributed by atoms with Crippen LogP contribution in [0.1, 0.15) is 18.4 Å². The third-order valence-corrected chi connectivity index (χ3v) is 6.36. The molecule has 10 nitrogen and oxygen atoms in total. The van der Waals surface area contributed by atoms with Gasteiger partial charge in [0.25, 0.3) is 0 Å². The highest BCUT2D eigenvalue weighted by Crippen LogP contribution is 2.34. The van der Waals surface area contributed by atoms with Crippen LogP contribution in [0, 0.1) is 17.1 Å². The third kappa shape index (κ3) is 4.97. The predicted octanol–water partition coefficient (Wildman–Crippen LogP) is 2.76. The normalized spacial score (nSPS) is 16.0. The smallest absolute Gasteiger partial charge is 0.245 e. The second-order valence-corrected chi connectivity index (χ2v) is 8.87. The molecule has 3 N–H and O–H groups in total. The lowest BCUT2D eigenvalue weighted by molar-refractivity contribution is -0.115. The Kier molecular flexibility index (Phi) is 6.76. The number of likely N-dealkylation sites (tertiary alicyclic amines) is 1. The van der Waals surface area contributed by atoms with Gasteiger partial charge >= 0.3 is 0 Å². The Hall–Kier alpha value is -4.40. The van der Waals surface area contributed by atoms with Crippen LogP contribution in [-0.2, 0) is 11.4 Å². The lowest BCUT2D eigenvalue weighted by atomic mass is 10.0. The maximum atomic E-state index is 16.0. The highest BCUT2D eigenvalue weighted by Gasteiger charge is 2.26. The molecule has 0 unspecified atom stereocenters. The van der Waals surface area contributed by atoms with E-state index in [1.165, 1.54) is 6.07 Å². The van der Waals surface area contributed by atoms with Gasteiger partial charge in [0.2, 0.25) is 11.7 Å². The van der Waals surface area contributed by atoms with E-state index >= 15 is 4.39 Å². The number of ketones is 1. The van der Waals surface area contributed by atoms with E-state index in [0.717, 1.165) is 18.4 Å². The number of aromatic nitrogens is 4. The number of phenols is 1. The number of rotatable bonds is 7. The van der Waals surface area contributed by atoms with E-state index in [1.807, 2.05) is 23.1 Å². The number of piperidine rings is 1. The molecule has 3 aromatic heterocycles. The molecule has 1 aliphatic rings. The van der Waals surface area contributed by atoms with E-state index in [1.54, 1.807) is 35.0 Å². The summed E-state index contributed by atoms with van der Waals surface area (Å²) in [5, 5.41) is 36.7. The average Bonchev–Trinajstić information content (AvgIpc) is 3.34. The number of nitrogens with one attached hydrogen (secondary N) is 1. The van der Waals surface area contributed by atoms with E-state index in [4.69, 9.17) is 5.26 Å². The van der Waals surface area contributed by atoms with Gasteiger partial charge in [0, 0.05) is 29.9 Å². The van der Waals surface area contributed by atoms with Gasteiger partial charge < -0.3 is 15.5 Å². The average molecular weight is 502 g/mol. The van der Waals surface area contributed by atoms with Crippen molar-refractivity contribution in [3.05, 3.63) is 60.0 Å². The van der Waals surface area contributed by atoms with Crippen molar-refractivity contribution in [1.29, 1.82) is 5.26 Å². The van der Waals surface area contributed by atoms with Gasteiger partial charge in [0.15, 0.2) is 5.82 Å². The number of fused-ring (bicyclic) bond motifs is 1. The number of nitrogens with zero attached hydrogens (tertiary/aromatic N) is 6. The Morgan fingerprint density at radius 1 is 1.22 bits per heavy atom. The lowest BCUT2D eigenvalue weighted by Gasteiger charge is -2.32. The van der Waals surface area contributed by atoms with E-state index in [9.17, 15) is 15.0 Å². The number of aromatic hydroxyl groups is 1. The number of aliphatic hydroxyl groups excluding tert-OH is 1. The highest BCUT2D eigenvalue weighted by atomic mass is 19.1. The number of aliphatic hydroxyl groups is 1. The molecule has 1 aromatic carbocycles. The second-order valence-electron chi connectivity index (χ2n) is 8.87. The molecule has 0 spiro atoms. The number of pyridine rings is 1. The van der Waals surface area contributed by atoms with Crippen molar-refractivity contribution < 1.29 is 19.4 Å². The summed E-state index contributed by atoms with van der Waals surface area (Å²) in [5.41, 5.74) is 1.31. The summed E-state index contributed by atoms with van der Waals surface area (Å²) in [6.45, 7) is 0.709. The van der Waals surface area contributed by atoms with Crippen molar-refractivity contribution in [1.82, 2.24) is 24.5 Å². The van der Waals surface area contributed by atoms with Crippen molar-refractivity contribution in [3.63, 3.8) is 0 Å². The minimum absolute atomic E-state index is 0.0317. The van der Waals surface area contributed by atoms with Gasteiger partial charge in [-0.05, 0) is 43.7 Å². The maximum Gasteiger partial charge on any atom is 0.245 e. The number of halogens is 1. The number of carbonyl (C=O) groups excluding carboxylic acids is 1. The minimum Gasteiger partial charge on any atom is -0.508 e. The molecule has 0 aliphatic carbocycles. The topological polar surface area (TPSA) is 140 Å². The van der Waals surface area contributed by atoms with Crippen LogP contribution in [0.3, 0.4) is 0 Å². The van der Waals surface area contributed by atoms with Gasteiger partial charge in [-0.1, -0.05) is 18.2 Å². The first-order chi connectivity index (χ1) is 18.0. The molecule has 0 amide bonds. The summed E-state index contributed by atoms with van der Waals surface area (Å²) >= 11 is 0. The first-order valence-electron chi connectivity index (χ1n) is 11.8. The quantitative estimate of drug-likeness (QED) is 0.326. The molecule has 4 heterocycles. The van der Waals surface area contributed by atoms with Crippen molar-refractivity contribution >= 4 is 17.2 Å².